The zero-order chi connectivity index (χ0) is 40.1. The van der Waals surface area contributed by atoms with Crippen LogP contribution in [0.4, 0.5) is 28.4 Å². The summed E-state index contributed by atoms with van der Waals surface area (Å²) in [7, 11) is 0.946. The SMILES string of the molecule is CC1=C(Oc2cc(C(C)(C)C)cc3c2BC2C=CCC(C)C2N3c2ccccc2)NC2Oc3cc(C(C)(C)C)cc4c3B(c3ccccc3N4c3ccccc3)C2C1. The summed E-state index contributed by atoms with van der Waals surface area (Å²) in [5.74, 6) is 3.83. The number of nitrogens with one attached hydrogen (secondary N) is 1. The molecule has 7 heteroatoms. The molecule has 0 bridgehead atoms. The molecule has 1 N–H and O–H groups in total. The molecule has 58 heavy (non-hydrogen) atoms. The van der Waals surface area contributed by atoms with Gasteiger partial charge in [-0.15, -0.1) is 0 Å². The molecule has 5 nitrogen and oxygen atoms in total. The summed E-state index contributed by atoms with van der Waals surface area (Å²) in [6.45, 7) is 18.6. The fourth-order valence-corrected chi connectivity index (χ4v) is 10.5. The Labute approximate surface area is 346 Å². The molecular weight excluding hydrogens is 708 g/mol. The second-order valence-corrected chi connectivity index (χ2v) is 19.6. The van der Waals surface area contributed by atoms with Crippen LogP contribution in [0.2, 0.25) is 11.6 Å². The van der Waals surface area contributed by atoms with E-state index in [0.29, 0.717) is 17.8 Å². The van der Waals surface area contributed by atoms with Crippen molar-refractivity contribution >= 4 is 58.8 Å². The van der Waals surface area contributed by atoms with Crippen molar-refractivity contribution in [3.8, 4) is 11.5 Å². The number of hydrogen-bond acceptors (Lipinski definition) is 5. The van der Waals surface area contributed by atoms with Crippen LogP contribution in [0, 0.1) is 5.92 Å². The first-order valence-corrected chi connectivity index (χ1v) is 21.5. The highest BCUT2D eigenvalue weighted by molar-refractivity contribution is 6.90. The molecule has 5 aromatic rings. The molecule has 5 unspecified atom stereocenters. The zero-order valence-corrected chi connectivity index (χ0v) is 35.3. The van der Waals surface area contributed by atoms with E-state index in [1.807, 2.05) is 0 Å². The first kappa shape index (κ1) is 37.0. The summed E-state index contributed by atoms with van der Waals surface area (Å²) >= 11 is 0. The van der Waals surface area contributed by atoms with E-state index in [1.165, 1.54) is 55.8 Å². The average Bonchev–Trinajstić information content (AvgIpc) is 3.20. The fourth-order valence-electron chi connectivity index (χ4n) is 10.5. The van der Waals surface area contributed by atoms with Gasteiger partial charge in [0.05, 0.1) is 0 Å². The van der Waals surface area contributed by atoms with Gasteiger partial charge < -0.3 is 24.6 Å². The van der Waals surface area contributed by atoms with E-state index in [9.17, 15) is 0 Å². The van der Waals surface area contributed by atoms with Gasteiger partial charge in [-0.3, -0.25) is 0 Å². The predicted molar refractivity (Wildman–Crippen MR) is 245 cm³/mol. The maximum absolute atomic E-state index is 7.29. The zero-order valence-electron chi connectivity index (χ0n) is 35.3. The van der Waals surface area contributed by atoms with E-state index < -0.39 is 0 Å². The highest BCUT2D eigenvalue weighted by Crippen LogP contribution is 2.48. The Bertz CT molecular complexity index is 2470. The molecule has 5 aliphatic rings. The van der Waals surface area contributed by atoms with Crippen LogP contribution in [0.3, 0.4) is 0 Å². The lowest BCUT2D eigenvalue weighted by Gasteiger charge is -2.48. The first-order valence-electron chi connectivity index (χ1n) is 21.5. The molecule has 0 fully saturated rings. The summed E-state index contributed by atoms with van der Waals surface area (Å²) in [4.78, 5) is 5.09. The minimum Gasteiger partial charge on any atom is -0.472 e. The highest BCUT2D eigenvalue weighted by atomic mass is 16.5. The molecule has 0 saturated carbocycles. The van der Waals surface area contributed by atoms with Gasteiger partial charge in [0, 0.05) is 40.3 Å². The summed E-state index contributed by atoms with van der Waals surface area (Å²) in [6.07, 6.45) is 6.56. The van der Waals surface area contributed by atoms with Gasteiger partial charge in [-0.2, -0.15) is 0 Å². The van der Waals surface area contributed by atoms with Crippen LogP contribution in [-0.2, 0) is 10.8 Å². The molecule has 5 atom stereocenters. The Kier molecular flexibility index (Phi) is 8.71. The number of nitrogens with zero attached hydrogens (tertiary/aromatic N) is 2. The quantitative estimate of drug-likeness (QED) is 0.146. The second kappa shape index (κ2) is 13.6. The number of rotatable bonds is 4. The summed E-state index contributed by atoms with van der Waals surface area (Å²) in [5, 5.41) is 3.90. The van der Waals surface area contributed by atoms with Crippen LogP contribution in [0.15, 0.2) is 133 Å². The van der Waals surface area contributed by atoms with E-state index in [1.54, 1.807) is 0 Å². The number of allylic oxidation sites excluding steroid dienone is 2. The minimum absolute atomic E-state index is 0.0690. The van der Waals surface area contributed by atoms with E-state index in [2.05, 4.69) is 192 Å². The molecule has 4 heterocycles. The monoisotopic (exact) mass is 763 g/mol. The molecule has 0 aromatic heterocycles. The van der Waals surface area contributed by atoms with Crippen LogP contribution >= 0.6 is 0 Å². The molecule has 0 amide bonds. The predicted octanol–water partition coefficient (Wildman–Crippen LogP) is 10.0. The summed E-state index contributed by atoms with van der Waals surface area (Å²) in [5.41, 5.74) is 13.7. The fraction of sp³-hybridized carbons (Fsp3) is 0.333. The van der Waals surface area contributed by atoms with Gasteiger partial charge in [-0.25, -0.2) is 0 Å². The normalized spacial score (nSPS) is 23.0. The van der Waals surface area contributed by atoms with E-state index >= 15 is 0 Å². The molecule has 5 aromatic carbocycles. The molecule has 10 rings (SSSR count). The molecule has 292 valence electrons. The van der Waals surface area contributed by atoms with Crippen LogP contribution in [-0.4, -0.2) is 26.3 Å². The van der Waals surface area contributed by atoms with Crippen molar-refractivity contribution in [1.29, 1.82) is 0 Å². The van der Waals surface area contributed by atoms with Crippen LogP contribution in [0.25, 0.3) is 0 Å². The van der Waals surface area contributed by atoms with E-state index in [4.69, 9.17) is 9.47 Å². The number of fused-ring (bicyclic) bond motifs is 6. The molecule has 4 aliphatic heterocycles. The maximum atomic E-state index is 7.29. The summed E-state index contributed by atoms with van der Waals surface area (Å²) < 4.78 is 14.5. The van der Waals surface area contributed by atoms with Crippen LogP contribution in [0.1, 0.15) is 79.4 Å². The minimum atomic E-state index is -0.260. The number of ether oxygens (including phenoxy) is 2. The number of anilines is 5. The van der Waals surface area contributed by atoms with Gasteiger partial charge >= 0.3 is 0 Å². The molecule has 0 spiro atoms. The Balaban J connectivity index is 1.08. The van der Waals surface area contributed by atoms with E-state index in [0.717, 1.165) is 43.2 Å². The van der Waals surface area contributed by atoms with Crippen molar-refractivity contribution in [2.45, 2.75) is 103 Å². The lowest BCUT2D eigenvalue weighted by Crippen LogP contribution is -2.63. The van der Waals surface area contributed by atoms with Crippen molar-refractivity contribution in [3.63, 3.8) is 0 Å². The molecule has 1 aliphatic carbocycles. The molecular formula is C51H55B2N3O2. The number of benzene rings is 5. The van der Waals surface area contributed by atoms with Crippen LogP contribution in [0.5, 0.6) is 11.5 Å². The topological polar surface area (TPSA) is 37.0 Å². The van der Waals surface area contributed by atoms with Gasteiger partial charge in [-0.05, 0) is 130 Å². The smallest absolute Gasteiger partial charge is 0.228 e. The lowest BCUT2D eigenvalue weighted by molar-refractivity contribution is 0.131. The highest BCUT2D eigenvalue weighted by Gasteiger charge is 2.50. The van der Waals surface area contributed by atoms with Gasteiger partial charge in [-0.1, -0.05) is 115 Å². The van der Waals surface area contributed by atoms with Gasteiger partial charge in [0.15, 0.2) is 19.4 Å². The lowest BCUT2D eigenvalue weighted by atomic mass is 9.30. The Morgan fingerprint density at radius 2 is 1.43 bits per heavy atom. The van der Waals surface area contributed by atoms with Gasteiger partial charge in [0.2, 0.25) is 6.71 Å². The third-order valence-electron chi connectivity index (χ3n) is 13.5. The number of hydrogen-bond donors (Lipinski definition) is 1. The Morgan fingerprint density at radius 1 is 0.776 bits per heavy atom. The van der Waals surface area contributed by atoms with Crippen LogP contribution < -0.4 is 41.0 Å². The Morgan fingerprint density at radius 3 is 2.16 bits per heavy atom. The first-order chi connectivity index (χ1) is 27.8. The third-order valence-corrected chi connectivity index (χ3v) is 13.5. The molecule has 0 saturated heterocycles. The maximum Gasteiger partial charge on any atom is 0.228 e. The average molecular weight is 764 g/mol. The van der Waals surface area contributed by atoms with Crippen molar-refractivity contribution in [3.05, 3.63) is 144 Å². The van der Waals surface area contributed by atoms with Crippen molar-refractivity contribution in [2.75, 3.05) is 9.80 Å². The standard InChI is InChI=1S/C51H55B2N3O2/c1-31-18-17-23-37-47(31)56(36-21-13-10-14-22-36)41-27-33(50(3,4)5)29-43(45(41)52-37)57-48-32(2)26-39-49(54-48)58-44-30-34(51(6,7)8)28-42-46(44)53(39)38-24-15-16-25-40(38)55(42)35-19-11-9-12-20-35/h9-17,19-25,27-31,37,39,47,49,52,54H,18,26H2,1-8H3. The van der Waals surface area contributed by atoms with Gasteiger partial charge in [0.1, 0.15) is 11.5 Å². The van der Waals surface area contributed by atoms with Crippen molar-refractivity contribution in [1.82, 2.24) is 5.32 Å². The van der Waals surface area contributed by atoms with E-state index in [-0.39, 0.29) is 29.6 Å². The van der Waals surface area contributed by atoms with Gasteiger partial charge in [0.25, 0.3) is 0 Å². The second-order valence-electron chi connectivity index (χ2n) is 19.6. The molecule has 0 radical (unpaired) electrons. The largest absolute Gasteiger partial charge is 0.472 e. The van der Waals surface area contributed by atoms with Crippen molar-refractivity contribution < 1.29 is 9.47 Å². The Hall–Kier alpha value is -5.29. The number of para-hydroxylation sites is 3. The summed E-state index contributed by atoms with van der Waals surface area (Å²) in [6, 6.07) is 40.7. The third kappa shape index (κ3) is 6.07. The van der Waals surface area contributed by atoms with Crippen molar-refractivity contribution in [2.24, 2.45) is 5.92 Å².